The Kier molecular flexibility index (Phi) is 3.16. The lowest BCUT2D eigenvalue weighted by Crippen LogP contribution is -2.54. The van der Waals surface area contributed by atoms with Crippen LogP contribution in [-0.4, -0.2) is 21.9 Å². The summed E-state index contributed by atoms with van der Waals surface area (Å²) in [5.41, 5.74) is 0.474. The van der Waals surface area contributed by atoms with Gasteiger partial charge in [-0.05, 0) is 63.2 Å². The van der Waals surface area contributed by atoms with Gasteiger partial charge in [-0.15, -0.1) is 6.58 Å². The fourth-order valence-corrected chi connectivity index (χ4v) is 4.53. The van der Waals surface area contributed by atoms with Crippen molar-refractivity contribution in [2.24, 2.45) is 17.3 Å². The van der Waals surface area contributed by atoms with Gasteiger partial charge in [-0.2, -0.15) is 0 Å². The van der Waals surface area contributed by atoms with Crippen LogP contribution in [0.25, 0.3) is 0 Å². The first-order valence-electron chi connectivity index (χ1n) is 6.82. The summed E-state index contributed by atoms with van der Waals surface area (Å²) >= 11 is 0. The quantitative estimate of drug-likeness (QED) is 0.726. The normalized spacial score (nSPS) is 50.1. The van der Waals surface area contributed by atoms with Crippen LogP contribution >= 0.6 is 0 Å². The average molecular weight is 238 g/mol. The lowest BCUT2D eigenvalue weighted by atomic mass is 9.59. The lowest BCUT2D eigenvalue weighted by Gasteiger charge is -2.50. The Bertz CT molecular complexity index is 321. The van der Waals surface area contributed by atoms with E-state index in [2.05, 4.69) is 20.4 Å². The SMILES string of the molecule is C=C(C)C[C@H]1CC[C@@]2(C)[C@H](O)CC[C@](C)(O)[C@H]12. The number of aliphatic hydroxyl groups is 2. The Labute approximate surface area is 105 Å². The van der Waals surface area contributed by atoms with Crippen molar-refractivity contribution in [3.05, 3.63) is 12.2 Å². The zero-order valence-corrected chi connectivity index (χ0v) is 11.4. The van der Waals surface area contributed by atoms with Gasteiger partial charge < -0.3 is 10.2 Å². The molecule has 2 aliphatic carbocycles. The Morgan fingerprint density at radius 1 is 1.29 bits per heavy atom. The van der Waals surface area contributed by atoms with Gasteiger partial charge >= 0.3 is 0 Å². The van der Waals surface area contributed by atoms with E-state index in [1.165, 1.54) is 5.57 Å². The maximum Gasteiger partial charge on any atom is 0.0657 e. The van der Waals surface area contributed by atoms with Crippen molar-refractivity contribution in [3.8, 4) is 0 Å². The molecule has 0 aliphatic heterocycles. The minimum absolute atomic E-state index is 0.0954. The van der Waals surface area contributed by atoms with Gasteiger partial charge in [0.05, 0.1) is 11.7 Å². The van der Waals surface area contributed by atoms with Gasteiger partial charge in [-0.3, -0.25) is 0 Å². The van der Waals surface area contributed by atoms with E-state index in [-0.39, 0.29) is 17.4 Å². The van der Waals surface area contributed by atoms with E-state index in [1.54, 1.807) is 0 Å². The standard InChI is InChI=1S/C15H26O2/c1-10(2)9-11-5-7-14(3)12(16)6-8-15(4,17)13(11)14/h11-13,16-17H,1,5-9H2,2-4H3/t11-,12-,13-,14+,15+/m1/s1. The Morgan fingerprint density at radius 2 is 1.94 bits per heavy atom. The number of fused-ring (bicyclic) bond motifs is 1. The summed E-state index contributed by atoms with van der Waals surface area (Å²) in [6, 6.07) is 0. The molecule has 0 radical (unpaired) electrons. The molecular weight excluding hydrogens is 212 g/mol. The maximum absolute atomic E-state index is 10.7. The summed E-state index contributed by atoms with van der Waals surface area (Å²) in [7, 11) is 0. The molecule has 0 aromatic heterocycles. The highest BCUT2D eigenvalue weighted by molar-refractivity contribution is 5.10. The molecule has 0 spiro atoms. The number of hydrogen-bond donors (Lipinski definition) is 2. The third-order valence-corrected chi connectivity index (χ3v) is 5.20. The van der Waals surface area contributed by atoms with Gasteiger partial charge in [-0.1, -0.05) is 12.5 Å². The van der Waals surface area contributed by atoms with E-state index < -0.39 is 5.60 Å². The highest BCUT2D eigenvalue weighted by Crippen LogP contribution is 2.59. The van der Waals surface area contributed by atoms with Crippen LogP contribution in [0.4, 0.5) is 0 Å². The second kappa shape index (κ2) is 4.10. The van der Waals surface area contributed by atoms with E-state index >= 15 is 0 Å². The molecule has 2 aliphatic rings. The van der Waals surface area contributed by atoms with Crippen LogP contribution in [0.15, 0.2) is 12.2 Å². The second-order valence-electron chi connectivity index (χ2n) is 6.86. The van der Waals surface area contributed by atoms with Gasteiger partial charge in [0.15, 0.2) is 0 Å². The van der Waals surface area contributed by atoms with Gasteiger partial charge in [0.1, 0.15) is 0 Å². The van der Waals surface area contributed by atoms with Crippen LogP contribution in [0.2, 0.25) is 0 Å². The number of allylic oxidation sites excluding steroid dienone is 1. The number of rotatable bonds is 2. The molecule has 2 heteroatoms. The Hall–Kier alpha value is -0.340. The first kappa shape index (κ1) is 13.1. The van der Waals surface area contributed by atoms with E-state index in [0.29, 0.717) is 5.92 Å². The highest BCUT2D eigenvalue weighted by atomic mass is 16.3. The van der Waals surface area contributed by atoms with E-state index in [4.69, 9.17) is 0 Å². The van der Waals surface area contributed by atoms with Crippen LogP contribution in [0.3, 0.4) is 0 Å². The summed E-state index contributed by atoms with van der Waals surface area (Å²) in [5.74, 6) is 0.706. The monoisotopic (exact) mass is 238 g/mol. The van der Waals surface area contributed by atoms with Crippen LogP contribution in [-0.2, 0) is 0 Å². The van der Waals surface area contributed by atoms with Crippen molar-refractivity contribution in [1.82, 2.24) is 0 Å². The topological polar surface area (TPSA) is 40.5 Å². The molecule has 0 amide bonds. The molecule has 2 saturated carbocycles. The van der Waals surface area contributed by atoms with Crippen molar-refractivity contribution in [3.63, 3.8) is 0 Å². The van der Waals surface area contributed by atoms with Crippen LogP contribution < -0.4 is 0 Å². The molecule has 2 N–H and O–H groups in total. The highest BCUT2D eigenvalue weighted by Gasteiger charge is 2.58. The minimum atomic E-state index is -0.620. The molecule has 0 saturated heterocycles. The van der Waals surface area contributed by atoms with E-state index in [9.17, 15) is 10.2 Å². The summed E-state index contributed by atoms with van der Waals surface area (Å²) in [5, 5.41) is 21.0. The van der Waals surface area contributed by atoms with Crippen molar-refractivity contribution in [1.29, 1.82) is 0 Å². The summed E-state index contributed by atoms with van der Waals surface area (Å²) in [6.07, 6.45) is 4.35. The Morgan fingerprint density at radius 3 is 2.53 bits per heavy atom. The predicted molar refractivity (Wildman–Crippen MR) is 69.6 cm³/mol. The van der Waals surface area contributed by atoms with Crippen molar-refractivity contribution in [2.45, 2.75) is 64.6 Å². The van der Waals surface area contributed by atoms with Gasteiger partial charge in [-0.25, -0.2) is 0 Å². The second-order valence-corrected chi connectivity index (χ2v) is 6.86. The molecule has 98 valence electrons. The van der Waals surface area contributed by atoms with Crippen LogP contribution in [0.5, 0.6) is 0 Å². The molecule has 0 unspecified atom stereocenters. The number of aliphatic hydroxyl groups excluding tert-OH is 1. The van der Waals surface area contributed by atoms with Gasteiger partial charge in [0, 0.05) is 0 Å². The molecule has 2 rings (SSSR count). The molecule has 2 fully saturated rings. The molecule has 5 atom stereocenters. The summed E-state index contributed by atoms with van der Waals surface area (Å²) < 4.78 is 0. The van der Waals surface area contributed by atoms with Crippen molar-refractivity contribution in [2.75, 3.05) is 0 Å². The summed E-state index contributed by atoms with van der Waals surface area (Å²) in [6.45, 7) is 10.2. The van der Waals surface area contributed by atoms with Gasteiger partial charge in [0.2, 0.25) is 0 Å². The molecule has 0 heterocycles. The first-order valence-corrected chi connectivity index (χ1v) is 6.82. The largest absolute Gasteiger partial charge is 0.393 e. The first-order chi connectivity index (χ1) is 7.77. The molecule has 0 aromatic rings. The number of hydrogen-bond acceptors (Lipinski definition) is 2. The summed E-state index contributed by atoms with van der Waals surface area (Å²) in [4.78, 5) is 0. The molecular formula is C15H26O2. The fraction of sp³-hybridized carbons (Fsp3) is 0.867. The van der Waals surface area contributed by atoms with Crippen LogP contribution in [0, 0.1) is 17.3 Å². The van der Waals surface area contributed by atoms with Crippen LogP contribution in [0.1, 0.15) is 52.9 Å². The fourth-order valence-electron chi connectivity index (χ4n) is 4.53. The lowest BCUT2D eigenvalue weighted by molar-refractivity contribution is -0.147. The zero-order valence-electron chi connectivity index (χ0n) is 11.4. The van der Waals surface area contributed by atoms with Crippen molar-refractivity contribution >= 4 is 0 Å². The third-order valence-electron chi connectivity index (χ3n) is 5.20. The molecule has 0 aromatic carbocycles. The van der Waals surface area contributed by atoms with E-state index in [0.717, 1.165) is 32.1 Å². The smallest absolute Gasteiger partial charge is 0.0657 e. The van der Waals surface area contributed by atoms with Crippen molar-refractivity contribution < 1.29 is 10.2 Å². The molecule has 2 nitrogen and oxygen atoms in total. The Balaban J connectivity index is 2.29. The van der Waals surface area contributed by atoms with Gasteiger partial charge in [0.25, 0.3) is 0 Å². The minimum Gasteiger partial charge on any atom is -0.393 e. The predicted octanol–water partition coefficient (Wildman–Crippen LogP) is 2.89. The molecule has 17 heavy (non-hydrogen) atoms. The zero-order chi connectivity index (χ0) is 12.8. The molecule has 0 bridgehead atoms. The average Bonchev–Trinajstić information content (AvgIpc) is 2.52. The maximum atomic E-state index is 10.7. The van der Waals surface area contributed by atoms with E-state index in [1.807, 2.05) is 6.92 Å². The third kappa shape index (κ3) is 2.06.